The van der Waals surface area contributed by atoms with Crippen LogP contribution in [0.2, 0.25) is 0 Å². The highest BCUT2D eigenvalue weighted by molar-refractivity contribution is 6.12. The van der Waals surface area contributed by atoms with Crippen LogP contribution in [0.3, 0.4) is 0 Å². The zero-order chi connectivity index (χ0) is 19.9. The number of nitrogens with zero attached hydrogens (tertiary/aromatic N) is 1. The first kappa shape index (κ1) is 18.6. The van der Waals surface area contributed by atoms with Gasteiger partial charge in [0.1, 0.15) is 5.69 Å². The second-order valence-electron chi connectivity index (χ2n) is 6.28. The number of alkyl halides is 3. The Labute approximate surface area is 151 Å². The molecule has 0 spiro atoms. The lowest BCUT2D eigenvalue weighted by molar-refractivity contribution is -0.138. The number of nitrogens with one attached hydrogen (secondary N) is 1. The highest BCUT2D eigenvalue weighted by atomic mass is 19.4. The molecule has 1 atom stereocenters. The third-order valence-electron chi connectivity index (χ3n) is 4.34. The minimum atomic E-state index is -4.56. The van der Waals surface area contributed by atoms with Gasteiger partial charge in [0.25, 0.3) is 0 Å². The SMILES string of the molecule is Cc1ccnc(C(=O)c2[nH]c3cc(C(F)(F)F)ccc3c2C(C)C(=O)O)c1. The number of aliphatic carboxylic acids is 1. The van der Waals surface area contributed by atoms with Crippen molar-refractivity contribution in [3.8, 4) is 0 Å². The highest BCUT2D eigenvalue weighted by Gasteiger charge is 2.32. The number of benzene rings is 1. The Morgan fingerprint density at radius 3 is 2.48 bits per heavy atom. The molecule has 0 aliphatic heterocycles. The Kier molecular flexibility index (Phi) is 4.51. The maximum absolute atomic E-state index is 13.0. The second-order valence-corrected chi connectivity index (χ2v) is 6.28. The molecule has 1 aromatic carbocycles. The van der Waals surface area contributed by atoms with Gasteiger partial charge in [-0.15, -0.1) is 0 Å². The largest absolute Gasteiger partial charge is 0.481 e. The van der Waals surface area contributed by atoms with Gasteiger partial charge in [0.15, 0.2) is 0 Å². The lowest BCUT2D eigenvalue weighted by Gasteiger charge is -2.09. The van der Waals surface area contributed by atoms with Crippen LogP contribution in [0.25, 0.3) is 10.9 Å². The standard InChI is InChI=1S/C19H15F3N2O3/c1-9-5-6-23-14(7-9)17(25)16-15(10(2)18(26)27)12-4-3-11(19(20,21)22)8-13(12)24-16/h3-8,10,24H,1-2H3,(H,26,27). The highest BCUT2D eigenvalue weighted by Crippen LogP contribution is 2.35. The monoisotopic (exact) mass is 376 g/mol. The Morgan fingerprint density at radius 2 is 1.89 bits per heavy atom. The molecular weight excluding hydrogens is 361 g/mol. The molecule has 0 aliphatic rings. The van der Waals surface area contributed by atoms with Crippen LogP contribution in [-0.4, -0.2) is 26.8 Å². The van der Waals surface area contributed by atoms with Gasteiger partial charge in [-0.25, -0.2) is 0 Å². The molecule has 2 N–H and O–H groups in total. The number of ketones is 1. The van der Waals surface area contributed by atoms with Gasteiger partial charge in [-0.1, -0.05) is 6.07 Å². The summed E-state index contributed by atoms with van der Waals surface area (Å²) in [7, 11) is 0. The fraction of sp³-hybridized carbons (Fsp3) is 0.211. The Balaban J connectivity index is 2.25. The van der Waals surface area contributed by atoms with E-state index in [1.165, 1.54) is 25.3 Å². The van der Waals surface area contributed by atoms with Gasteiger partial charge in [-0.3, -0.25) is 14.6 Å². The molecule has 0 saturated heterocycles. The molecule has 5 nitrogen and oxygen atoms in total. The summed E-state index contributed by atoms with van der Waals surface area (Å²) in [5.74, 6) is -2.87. The first-order valence-electron chi connectivity index (χ1n) is 8.02. The summed E-state index contributed by atoms with van der Waals surface area (Å²) >= 11 is 0. The predicted molar refractivity (Wildman–Crippen MR) is 91.8 cm³/mol. The van der Waals surface area contributed by atoms with E-state index < -0.39 is 29.4 Å². The first-order valence-corrected chi connectivity index (χ1v) is 8.02. The molecule has 2 heterocycles. The minimum absolute atomic E-state index is 0.0453. The molecule has 0 fully saturated rings. The van der Waals surface area contributed by atoms with Crippen molar-refractivity contribution < 1.29 is 27.9 Å². The molecule has 2 aromatic heterocycles. The quantitative estimate of drug-likeness (QED) is 0.665. The van der Waals surface area contributed by atoms with E-state index in [2.05, 4.69) is 9.97 Å². The number of carboxylic acid groups (broad SMARTS) is 1. The van der Waals surface area contributed by atoms with E-state index in [0.717, 1.165) is 17.7 Å². The Hall–Kier alpha value is -3.16. The van der Waals surface area contributed by atoms with Crippen LogP contribution in [0, 0.1) is 6.92 Å². The number of hydrogen-bond acceptors (Lipinski definition) is 3. The lowest BCUT2D eigenvalue weighted by Crippen LogP contribution is -2.13. The molecule has 0 radical (unpaired) electrons. The maximum Gasteiger partial charge on any atom is 0.416 e. The summed E-state index contributed by atoms with van der Waals surface area (Å²) in [6.07, 6.45) is -3.12. The van der Waals surface area contributed by atoms with Gasteiger partial charge in [-0.05, 0) is 43.7 Å². The normalized spacial score (nSPS) is 12.9. The number of carbonyl (C=O) groups is 2. The number of hydrogen-bond donors (Lipinski definition) is 2. The molecule has 0 amide bonds. The molecule has 3 aromatic rings. The lowest BCUT2D eigenvalue weighted by atomic mass is 9.95. The number of fused-ring (bicyclic) bond motifs is 1. The molecule has 140 valence electrons. The third kappa shape index (κ3) is 3.42. The van der Waals surface area contributed by atoms with E-state index in [-0.39, 0.29) is 27.9 Å². The van der Waals surface area contributed by atoms with Crippen LogP contribution in [0.1, 0.15) is 45.7 Å². The topological polar surface area (TPSA) is 83.0 Å². The predicted octanol–water partition coefficient (Wildman–Crippen LogP) is 4.31. The van der Waals surface area contributed by atoms with E-state index in [1.807, 2.05) is 0 Å². The van der Waals surface area contributed by atoms with Crippen LogP contribution in [0.4, 0.5) is 13.2 Å². The number of aromatic amines is 1. The van der Waals surface area contributed by atoms with Gasteiger partial charge in [0, 0.05) is 22.7 Å². The summed E-state index contributed by atoms with van der Waals surface area (Å²) in [6.45, 7) is 3.14. The molecule has 3 rings (SSSR count). The van der Waals surface area contributed by atoms with Gasteiger partial charge in [-0.2, -0.15) is 13.2 Å². The summed E-state index contributed by atoms with van der Waals surface area (Å²) in [6, 6.07) is 6.15. The second kappa shape index (κ2) is 6.53. The molecule has 27 heavy (non-hydrogen) atoms. The number of carbonyl (C=O) groups excluding carboxylic acids is 1. The average Bonchev–Trinajstić information content (AvgIpc) is 2.98. The Bertz CT molecular complexity index is 1050. The number of pyridine rings is 1. The van der Waals surface area contributed by atoms with Gasteiger partial charge >= 0.3 is 12.1 Å². The van der Waals surface area contributed by atoms with Crippen molar-refractivity contribution in [2.75, 3.05) is 0 Å². The number of carboxylic acids is 1. The number of rotatable bonds is 4. The van der Waals surface area contributed by atoms with E-state index in [0.29, 0.717) is 0 Å². The van der Waals surface area contributed by atoms with E-state index in [1.54, 1.807) is 13.0 Å². The average molecular weight is 376 g/mol. The van der Waals surface area contributed by atoms with Crippen LogP contribution in [0.5, 0.6) is 0 Å². The summed E-state index contributed by atoms with van der Waals surface area (Å²) < 4.78 is 39.0. The van der Waals surface area contributed by atoms with Gasteiger partial charge in [0.05, 0.1) is 17.2 Å². The van der Waals surface area contributed by atoms with Gasteiger partial charge < -0.3 is 10.1 Å². The van der Waals surface area contributed by atoms with Crippen LogP contribution in [0.15, 0.2) is 36.5 Å². The fourth-order valence-corrected chi connectivity index (χ4v) is 2.94. The summed E-state index contributed by atoms with van der Waals surface area (Å²) in [5, 5.41) is 9.66. The number of H-pyrrole nitrogens is 1. The van der Waals surface area contributed by atoms with Crippen molar-refractivity contribution in [3.63, 3.8) is 0 Å². The van der Waals surface area contributed by atoms with Gasteiger partial charge in [0.2, 0.25) is 5.78 Å². The molecular formula is C19H15F3N2O3. The fourth-order valence-electron chi connectivity index (χ4n) is 2.94. The maximum atomic E-state index is 13.0. The third-order valence-corrected chi connectivity index (χ3v) is 4.34. The van der Waals surface area contributed by atoms with Crippen LogP contribution < -0.4 is 0 Å². The number of aromatic nitrogens is 2. The Morgan fingerprint density at radius 1 is 1.19 bits per heavy atom. The zero-order valence-electron chi connectivity index (χ0n) is 14.4. The first-order chi connectivity index (χ1) is 12.6. The summed E-state index contributed by atoms with van der Waals surface area (Å²) in [5.41, 5.74) is 0.0762. The summed E-state index contributed by atoms with van der Waals surface area (Å²) in [4.78, 5) is 31.1. The van der Waals surface area contributed by atoms with Crippen molar-refractivity contribution in [1.29, 1.82) is 0 Å². The van der Waals surface area contributed by atoms with Crippen molar-refractivity contribution >= 4 is 22.7 Å². The smallest absolute Gasteiger partial charge is 0.416 e. The van der Waals surface area contributed by atoms with Crippen molar-refractivity contribution in [1.82, 2.24) is 9.97 Å². The zero-order valence-corrected chi connectivity index (χ0v) is 14.4. The van der Waals surface area contributed by atoms with Crippen molar-refractivity contribution in [3.05, 3.63) is 64.6 Å². The molecule has 0 bridgehead atoms. The number of aryl methyl sites for hydroxylation is 1. The molecule has 0 aliphatic carbocycles. The van der Waals surface area contributed by atoms with E-state index in [4.69, 9.17) is 0 Å². The number of halogens is 3. The molecule has 8 heteroatoms. The molecule has 0 saturated carbocycles. The van der Waals surface area contributed by atoms with Crippen molar-refractivity contribution in [2.24, 2.45) is 0 Å². The van der Waals surface area contributed by atoms with E-state index in [9.17, 15) is 27.9 Å². The minimum Gasteiger partial charge on any atom is -0.481 e. The van der Waals surface area contributed by atoms with Crippen LogP contribution >= 0.6 is 0 Å². The van der Waals surface area contributed by atoms with Crippen molar-refractivity contribution in [2.45, 2.75) is 25.9 Å². The van der Waals surface area contributed by atoms with E-state index >= 15 is 0 Å². The molecule has 1 unspecified atom stereocenters. The van der Waals surface area contributed by atoms with Crippen LogP contribution in [-0.2, 0) is 11.0 Å².